The normalized spacial score (nSPS) is 34.9. The molecular weight excluding hydrogens is 580 g/mol. The van der Waals surface area contributed by atoms with Gasteiger partial charge in [0.25, 0.3) is 0 Å². The first kappa shape index (κ1) is 35.4. The van der Waals surface area contributed by atoms with Gasteiger partial charge in [-0.1, -0.05) is 64.2 Å². The van der Waals surface area contributed by atoms with Crippen LogP contribution in [-0.2, 0) is 23.8 Å². The van der Waals surface area contributed by atoms with E-state index < -0.39 is 22.8 Å². The summed E-state index contributed by atoms with van der Waals surface area (Å²) in [5.41, 5.74) is 3.82. The summed E-state index contributed by atoms with van der Waals surface area (Å²) in [7, 11) is 0. The van der Waals surface area contributed by atoms with E-state index in [1.165, 1.54) is 6.92 Å². The molecule has 0 unspecified atom stereocenters. The molecule has 2 aliphatic carbocycles. The molecule has 7 nitrogen and oxygen atoms in total. The number of hydrogen-bond acceptors (Lipinski definition) is 7. The number of esters is 2. The van der Waals surface area contributed by atoms with Crippen LogP contribution in [0.3, 0.4) is 0 Å². The molecule has 1 saturated heterocycles. The third-order valence-corrected chi connectivity index (χ3v) is 9.53. The topological polar surface area (TPSA) is 106 Å². The van der Waals surface area contributed by atoms with Gasteiger partial charge in [0.05, 0.1) is 17.3 Å². The zero-order valence-corrected chi connectivity index (χ0v) is 28.8. The molecule has 4 aliphatic rings. The summed E-state index contributed by atoms with van der Waals surface area (Å²) < 4.78 is 17.1. The smallest absolute Gasteiger partial charge is 0.343 e. The van der Waals surface area contributed by atoms with Crippen LogP contribution >= 0.6 is 0 Å². The van der Waals surface area contributed by atoms with Crippen LogP contribution in [0.5, 0.6) is 0 Å². The molecule has 5 atom stereocenters. The Kier molecular flexibility index (Phi) is 9.97. The summed E-state index contributed by atoms with van der Waals surface area (Å²) in [6.07, 6.45) is 22.3. The van der Waals surface area contributed by atoms with Gasteiger partial charge in [0.1, 0.15) is 23.1 Å². The molecule has 4 rings (SSSR count). The first-order chi connectivity index (χ1) is 21.3. The fourth-order valence-electron chi connectivity index (χ4n) is 7.61. The van der Waals surface area contributed by atoms with Gasteiger partial charge >= 0.3 is 11.9 Å². The van der Waals surface area contributed by atoms with E-state index in [9.17, 15) is 19.8 Å². The molecular formula is C39H50O7. The number of cyclic esters (lactones) is 1. The van der Waals surface area contributed by atoms with Crippen molar-refractivity contribution in [3.63, 3.8) is 0 Å². The van der Waals surface area contributed by atoms with E-state index in [0.717, 1.165) is 16.7 Å². The Hall–Kier alpha value is -3.48. The summed E-state index contributed by atoms with van der Waals surface area (Å²) >= 11 is 0. The lowest BCUT2D eigenvalue weighted by atomic mass is 9.63. The zero-order valence-electron chi connectivity index (χ0n) is 28.8. The minimum atomic E-state index is -1.12. The van der Waals surface area contributed by atoms with Crippen LogP contribution in [0.4, 0.5) is 0 Å². The Labute approximate surface area is 274 Å². The first-order valence-electron chi connectivity index (χ1n) is 16.1. The zero-order chi connectivity index (χ0) is 34.1. The van der Waals surface area contributed by atoms with Crippen LogP contribution in [0.15, 0.2) is 101 Å². The summed E-state index contributed by atoms with van der Waals surface area (Å²) in [6, 6.07) is 0. The summed E-state index contributed by atoms with van der Waals surface area (Å²) in [5, 5.41) is 21.4. The largest absolute Gasteiger partial charge is 0.462 e. The molecule has 2 heterocycles. The Morgan fingerprint density at radius 1 is 0.957 bits per heavy atom. The van der Waals surface area contributed by atoms with Crippen molar-refractivity contribution < 1.29 is 34.0 Å². The van der Waals surface area contributed by atoms with Crippen molar-refractivity contribution in [3.8, 4) is 0 Å². The molecule has 0 aromatic heterocycles. The Morgan fingerprint density at radius 3 is 2.22 bits per heavy atom. The second-order valence-corrected chi connectivity index (χ2v) is 14.9. The SMILES string of the molecule is CC(=O)O[C@H]1CC(C)(C)C(=C=CC(C)=CC=CC=CC=C(C)C=C2C=C(C=C[C@@]34O[C@]3(C)C[C@@H](O)CC4(C)C)C(=O)O2)[C@](C)(O)C1. The molecule has 2 aliphatic heterocycles. The monoisotopic (exact) mass is 630 g/mol. The van der Waals surface area contributed by atoms with E-state index in [0.29, 0.717) is 37.0 Å². The van der Waals surface area contributed by atoms with Gasteiger partial charge in [-0.25, -0.2) is 4.79 Å². The number of aliphatic hydroxyl groups is 2. The lowest BCUT2D eigenvalue weighted by Crippen LogP contribution is -2.46. The number of carbonyl (C=O) groups is 2. The Morgan fingerprint density at radius 2 is 1.61 bits per heavy atom. The molecule has 0 bridgehead atoms. The van der Waals surface area contributed by atoms with Gasteiger partial charge in [0.15, 0.2) is 0 Å². The van der Waals surface area contributed by atoms with E-state index in [-0.39, 0.29) is 29.0 Å². The van der Waals surface area contributed by atoms with Gasteiger partial charge < -0.3 is 24.4 Å². The van der Waals surface area contributed by atoms with E-state index in [1.54, 1.807) is 19.1 Å². The number of ether oxygens (including phenoxy) is 3. The van der Waals surface area contributed by atoms with Crippen LogP contribution < -0.4 is 0 Å². The van der Waals surface area contributed by atoms with Crippen molar-refractivity contribution in [2.45, 2.75) is 117 Å². The van der Waals surface area contributed by atoms with Gasteiger partial charge in [-0.3, -0.25) is 4.79 Å². The van der Waals surface area contributed by atoms with Crippen molar-refractivity contribution in [3.05, 3.63) is 101 Å². The number of hydrogen-bond donors (Lipinski definition) is 2. The maximum Gasteiger partial charge on any atom is 0.343 e. The molecule has 0 spiro atoms. The first-order valence-corrected chi connectivity index (χ1v) is 16.1. The number of aliphatic hydroxyl groups excluding tert-OH is 1. The standard InChI is InChI=1S/C39H50O7/c1-26(16-17-33-35(4,5)24-32(44-28(3)40)25-37(33,8)43)14-12-10-11-13-15-27(2)20-31-21-29(34(42)45-31)18-19-39-36(6,7)22-30(41)23-38(39,9)46-39/h10-16,18-21,30,32,41,43H,22-25H2,1-9H3/t17?,30-,32-,37+,38+,39-/m0/s1. The summed E-state index contributed by atoms with van der Waals surface area (Å²) in [5.74, 6) is -0.242. The third kappa shape index (κ3) is 7.72. The van der Waals surface area contributed by atoms with Crippen molar-refractivity contribution in [2.75, 3.05) is 0 Å². The molecule has 0 amide bonds. The number of fused-ring (bicyclic) bond motifs is 1. The number of carbonyl (C=O) groups excluding carboxylic acids is 2. The highest BCUT2D eigenvalue weighted by Crippen LogP contribution is 2.66. The number of epoxide rings is 1. The molecule has 7 heteroatoms. The summed E-state index contributed by atoms with van der Waals surface area (Å²) in [4.78, 5) is 24.0. The third-order valence-electron chi connectivity index (χ3n) is 9.53. The molecule has 0 aromatic rings. The van der Waals surface area contributed by atoms with Gasteiger partial charge in [-0.2, -0.15) is 0 Å². The quantitative estimate of drug-likeness (QED) is 0.126. The van der Waals surface area contributed by atoms with Crippen LogP contribution in [0.1, 0.15) is 88.0 Å². The maximum atomic E-state index is 12.5. The lowest BCUT2D eigenvalue weighted by molar-refractivity contribution is -0.152. The fraction of sp³-hybridized carbons (Fsp3) is 0.513. The van der Waals surface area contributed by atoms with Crippen LogP contribution in [0, 0.1) is 10.8 Å². The Balaban J connectivity index is 1.35. The second-order valence-electron chi connectivity index (χ2n) is 14.9. The predicted molar refractivity (Wildman–Crippen MR) is 179 cm³/mol. The van der Waals surface area contributed by atoms with Crippen molar-refractivity contribution in [1.29, 1.82) is 0 Å². The number of allylic oxidation sites excluding steroid dienone is 10. The predicted octanol–water partition coefficient (Wildman–Crippen LogP) is 7.21. The average molecular weight is 631 g/mol. The van der Waals surface area contributed by atoms with Crippen LogP contribution in [0.2, 0.25) is 0 Å². The molecule has 0 aromatic carbocycles. The van der Waals surface area contributed by atoms with Gasteiger partial charge in [-0.15, -0.1) is 5.73 Å². The van der Waals surface area contributed by atoms with Crippen LogP contribution in [0.25, 0.3) is 0 Å². The van der Waals surface area contributed by atoms with E-state index in [4.69, 9.17) is 14.2 Å². The second kappa shape index (κ2) is 13.0. The molecule has 2 saturated carbocycles. The average Bonchev–Trinajstić information content (AvgIpc) is 3.36. The van der Waals surface area contributed by atoms with Gasteiger partial charge in [0.2, 0.25) is 0 Å². The van der Waals surface area contributed by atoms with E-state index in [2.05, 4.69) is 19.6 Å². The van der Waals surface area contributed by atoms with Crippen LogP contribution in [-0.4, -0.2) is 51.2 Å². The van der Waals surface area contributed by atoms with Crippen molar-refractivity contribution >= 4 is 11.9 Å². The molecule has 46 heavy (non-hydrogen) atoms. The maximum absolute atomic E-state index is 12.5. The Bertz CT molecular complexity index is 1510. The lowest BCUT2D eigenvalue weighted by Gasteiger charge is -2.44. The van der Waals surface area contributed by atoms with E-state index >= 15 is 0 Å². The fourth-order valence-corrected chi connectivity index (χ4v) is 7.61. The minimum Gasteiger partial charge on any atom is -0.462 e. The summed E-state index contributed by atoms with van der Waals surface area (Å²) in [6.45, 7) is 17.3. The molecule has 3 fully saturated rings. The van der Waals surface area contributed by atoms with Crippen molar-refractivity contribution in [1.82, 2.24) is 0 Å². The molecule has 0 radical (unpaired) electrons. The highest BCUT2D eigenvalue weighted by Gasteiger charge is 2.74. The molecule has 2 N–H and O–H groups in total. The highest BCUT2D eigenvalue weighted by atomic mass is 16.6. The van der Waals surface area contributed by atoms with Gasteiger partial charge in [-0.05, 0) is 87.5 Å². The van der Waals surface area contributed by atoms with E-state index in [1.807, 2.05) is 89.3 Å². The minimum absolute atomic E-state index is 0.256. The highest BCUT2D eigenvalue weighted by molar-refractivity contribution is 5.95. The van der Waals surface area contributed by atoms with Crippen molar-refractivity contribution in [2.24, 2.45) is 10.8 Å². The number of rotatable bonds is 8. The molecule has 248 valence electrons. The van der Waals surface area contributed by atoms with Gasteiger partial charge in [0, 0.05) is 30.8 Å².